The molecule has 2 heterocycles. The van der Waals surface area contributed by atoms with Crippen molar-refractivity contribution >= 4 is 12.0 Å². The molecule has 1 unspecified atom stereocenters. The van der Waals surface area contributed by atoms with Crippen molar-refractivity contribution in [1.82, 2.24) is 14.9 Å². The lowest BCUT2D eigenvalue weighted by atomic mass is 10.1. The van der Waals surface area contributed by atoms with Crippen LogP contribution in [0.2, 0.25) is 0 Å². The summed E-state index contributed by atoms with van der Waals surface area (Å²) in [7, 11) is 1.61. The molecule has 1 fully saturated rings. The van der Waals surface area contributed by atoms with Crippen molar-refractivity contribution in [3.8, 4) is 17.7 Å². The largest absolute Gasteiger partial charge is 0.497 e. The number of hydrogen-bond donors (Lipinski definition) is 0. The Morgan fingerprint density at radius 1 is 1.30 bits per heavy atom. The quantitative estimate of drug-likeness (QED) is 0.757. The zero-order valence-electron chi connectivity index (χ0n) is 15.0. The number of aromatic nitrogens is 2. The SMILES string of the molecule is COc1ccc(C=CC(=O)N2CCCC(Oc3nccnc3C#N)C2)cc1. The monoisotopic (exact) mass is 364 g/mol. The van der Waals surface area contributed by atoms with Crippen LogP contribution in [0.25, 0.3) is 6.08 Å². The third-order valence-corrected chi connectivity index (χ3v) is 4.27. The van der Waals surface area contributed by atoms with Gasteiger partial charge in [-0.1, -0.05) is 12.1 Å². The molecule has 0 spiro atoms. The minimum atomic E-state index is -0.208. The number of hydrogen-bond acceptors (Lipinski definition) is 6. The van der Waals surface area contributed by atoms with Gasteiger partial charge in [0, 0.05) is 25.0 Å². The van der Waals surface area contributed by atoms with Gasteiger partial charge >= 0.3 is 0 Å². The Hall–Kier alpha value is -3.40. The van der Waals surface area contributed by atoms with Gasteiger partial charge in [0.1, 0.15) is 17.9 Å². The summed E-state index contributed by atoms with van der Waals surface area (Å²) in [5, 5.41) is 9.09. The molecule has 1 aliphatic rings. The highest BCUT2D eigenvalue weighted by Gasteiger charge is 2.25. The first-order chi connectivity index (χ1) is 13.2. The maximum atomic E-state index is 12.5. The molecule has 1 aromatic heterocycles. The van der Waals surface area contributed by atoms with E-state index < -0.39 is 0 Å². The molecule has 7 nitrogen and oxygen atoms in total. The van der Waals surface area contributed by atoms with E-state index in [1.54, 1.807) is 24.2 Å². The molecule has 138 valence electrons. The van der Waals surface area contributed by atoms with Gasteiger partial charge in [-0.05, 0) is 36.6 Å². The number of nitriles is 1. The predicted octanol–water partition coefficient (Wildman–Crippen LogP) is 2.44. The number of nitrogens with zero attached hydrogens (tertiary/aromatic N) is 4. The van der Waals surface area contributed by atoms with Gasteiger partial charge in [0.15, 0.2) is 0 Å². The first-order valence-corrected chi connectivity index (χ1v) is 8.68. The van der Waals surface area contributed by atoms with Crippen LogP contribution in [0.3, 0.4) is 0 Å². The van der Waals surface area contributed by atoms with E-state index in [2.05, 4.69) is 9.97 Å². The van der Waals surface area contributed by atoms with Crippen molar-refractivity contribution in [3.05, 3.63) is 54.0 Å². The van der Waals surface area contributed by atoms with Crippen molar-refractivity contribution in [3.63, 3.8) is 0 Å². The van der Waals surface area contributed by atoms with Gasteiger partial charge in [-0.15, -0.1) is 0 Å². The molecule has 1 aromatic carbocycles. The average molecular weight is 364 g/mol. The molecule has 1 aliphatic heterocycles. The highest BCUT2D eigenvalue weighted by Crippen LogP contribution is 2.19. The lowest BCUT2D eigenvalue weighted by Crippen LogP contribution is -2.43. The van der Waals surface area contributed by atoms with E-state index in [0.29, 0.717) is 13.1 Å². The fourth-order valence-electron chi connectivity index (χ4n) is 2.87. The second-order valence-electron chi connectivity index (χ2n) is 6.09. The molecule has 0 bridgehead atoms. The molecule has 0 N–H and O–H groups in total. The molecular weight excluding hydrogens is 344 g/mol. The van der Waals surface area contributed by atoms with Gasteiger partial charge in [-0.25, -0.2) is 9.97 Å². The number of rotatable bonds is 5. The maximum absolute atomic E-state index is 12.5. The first kappa shape index (κ1) is 18.4. The predicted molar refractivity (Wildman–Crippen MR) is 99.0 cm³/mol. The van der Waals surface area contributed by atoms with Crippen LogP contribution in [-0.2, 0) is 4.79 Å². The summed E-state index contributed by atoms with van der Waals surface area (Å²) in [5.74, 6) is 0.919. The van der Waals surface area contributed by atoms with Crippen LogP contribution in [0.4, 0.5) is 0 Å². The van der Waals surface area contributed by atoms with Crippen LogP contribution in [0.5, 0.6) is 11.6 Å². The van der Waals surface area contributed by atoms with E-state index in [0.717, 1.165) is 24.2 Å². The van der Waals surface area contributed by atoms with Gasteiger partial charge in [0.25, 0.3) is 5.88 Å². The summed E-state index contributed by atoms with van der Waals surface area (Å²) in [6.45, 7) is 1.13. The van der Waals surface area contributed by atoms with Crippen LogP contribution >= 0.6 is 0 Å². The number of carbonyl (C=O) groups is 1. The third-order valence-electron chi connectivity index (χ3n) is 4.27. The van der Waals surface area contributed by atoms with Gasteiger partial charge in [-0.3, -0.25) is 4.79 Å². The minimum Gasteiger partial charge on any atom is -0.497 e. The van der Waals surface area contributed by atoms with Crippen LogP contribution in [0, 0.1) is 11.3 Å². The Balaban J connectivity index is 1.60. The number of ether oxygens (including phenoxy) is 2. The molecule has 0 radical (unpaired) electrons. The highest BCUT2D eigenvalue weighted by molar-refractivity contribution is 5.91. The second kappa shape index (κ2) is 8.81. The van der Waals surface area contributed by atoms with Crippen molar-refractivity contribution in [2.24, 2.45) is 0 Å². The Labute approximate surface area is 157 Å². The zero-order chi connectivity index (χ0) is 19.1. The summed E-state index contributed by atoms with van der Waals surface area (Å²) < 4.78 is 10.9. The van der Waals surface area contributed by atoms with Crippen LogP contribution < -0.4 is 9.47 Å². The van der Waals surface area contributed by atoms with E-state index in [4.69, 9.17) is 14.7 Å². The summed E-state index contributed by atoms with van der Waals surface area (Å²) in [6, 6.07) is 9.45. The molecule has 1 atom stereocenters. The van der Waals surface area contributed by atoms with E-state index in [9.17, 15) is 4.79 Å². The Kier molecular flexibility index (Phi) is 6.00. The fraction of sp³-hybridized carbons (Fsp3) is 0.300. The first-order valence-electron chi connectivity index (χ1n) is 8.68. The van der Waals surface area contributed by atoms with Gasteiger partial charge in [-0.2, -0.15) is 5.26 Å². The number of piperidine rings is 1. The van der Waals surface area contributed by atoms with Crippen molar-refractivity contribution < 1.29 is 14.3 Å². The van der Waals surface area contributed by atoms with Gasteiger partial charge in [0.2, 0.25) is 11.6 Å². The lowest BCUT2D eigenvalue weighted by Gasteiger charge is -2.32. The molecule has 0 saturated carbocycles. The number of likely N-dealkylation sites (tertiary alicyclic amines) is 1. The normalized spacial score (nSPS) is 16.7. The standard InChI is InChI=1S/C20H20N4O3/c1-26-16-7-4-15(5-8-16)6-9-19(25)24-12-2-3-17(14-24)27-20-18(13-21)22-10-11-23-20/h4-11,17H,2-3,12,14H2,1H3. The molecule has 2 aromatic rings. The molecule has 1 amide bonds. The van der Waals surface area contributed by atoms with E-state index in [-0.39, 0.29) is 23.6 Å². The van der Waals surface area contributed by atoms with E-state index >= 15 is 0 Å². The molecule has 0 aliphatic carbocycles. The van der Waals surface area contributed by atoms with E-state index in [1.807, 2.05) is 30.3 Å². The molecule has 7 heteroatoms. The summed E-state index contributed by atoms with van der Waals surface area (Å²) in [4.78, 5) is 22.3. The van der Waals surface area contributed by atoms with E-state index in [1.165, 1.54) is 12.4 Å². The highest BCUT2D eigenvalue weighted by atomic mass is 16.5. The fourth-order valence-corrected chi connectivity index (χ4v) is 2.87. The summed E-state index contributed by atoms with van der Waals surface area (Å²) in [6.07, 6.45) is 7.70. The lowest BCUT2D eigenvalue weighted by molar-refractivity contribution is -0.128. The number of methoxy groups -OCH3 is 1. The van der Waals surface area contributed by atoms with Crippen molar-refractivity contribution in [2.45, 2.75) is 18.9 Å². The van der Waals surface area contributed by atoms with Gasteiger partial charge < -0.3 is 14.4 Å². The molecule has 1 saturated heterocycles. The maximum Gasteiger partial charge on any atom is 0.251 e. The second-order valence-corrected chi connectivity index (χ2v) is 6.09. The Morgan fingerprint density at radius 2 is 2.07 bits per heavy atom. The average Bonchev–Trinajstić information content (AvgIpc) is 2.73. The third kappa shape index (κ3) is 4.82. The van der Waals surface area contributed by atoms with Crippen LogP contribution in [0.1, 0.15) is 24.1 Å². The van der Waals surface area contributed by atoms with Crippen LogP contribution in [0.15, 0.2) is 42.7 Å². The number of amides is 1. The Morgan fingerprint density at radius 3 is 2.81 bits per heavy atom. The van der Waals surface area contributed by atoms with Gasteiger partial charge in [0.05, 0.1) is 13.7 Å². The molecular formula is C20H20N4O3. The Bertz CT molecular complexity index is 858. The molecule has 27 heavy (non-hydrogen) atoms. The summed E-state index contributed by atoms with van der Waals surface area (Å²) in [5.41, 5.74) is 1.08. The topological polar surface area (TPSA) is 88.3 Å². The molecule has 3 rings (SSSR count). The van der Waals surface area contributed by atoms with Crippen molar-refractivity contribution in [1.29, 1.82) is 5.26 Å². The zero-order valence-corrected chi connectivity index (χ0v) is 15.0. The number of benzene rings is 1. The summed E-state index contributed by atoms with van der Waals surface area (Å²) >= 11 is 0. The van der Waals surface area contributed by atoms with Crippen molar-refractivity contribution in [2.75, 3.05) is 20.2 Å². The number of carbonyl (C=O) groups excluding carboxylic acids is 1. The van der Waals surface area contributed by atoms with Crippen LogP contribution in [-0.4, -0.2) is 47.1 Å². The minimum absolute atomic E-state index is 0.0706. The smallest absolute Gasteiger partial charge is 0.251 e.